The molecule has 0 saturated carbocycles. The van der Waals surface area contributed by atoms with Crippen molar-refractivity contribution in [2.24, 2.45) is 0 Å². The summed E-state index contributed by atoms with van der Waals surface area (Å²) in [4.78, 5) is 24.2. The van der Waals surface area contributed by atoms with Gasteiger partial charge in [0.2, 0.25) is 5.95 Å². The van der Waals surface area contributed by atoms with Gasteiger partial charge >= 0.3 is 0 Å². The van der Waals surface area contributed by atoms with E-state index in [2.05, 4.69) is 25.6 Å². The molecule has 0 aliphatic heterocycles. The summed E-state index contributed by atoms with van der Waals surface area (Å²) in [5.41, 5.74) is 1.30. The molecular formula is C17H13F2N5O. The average Bonchev–Trinajstić information content (AvgIpc) is 2.64. The predicted octanol–water partition coefficient (Wildman–Crippen LogP) is 3.01. The smallest absolute Gasteiger partial charge is 0.258 e. The predicted molar refractivity (Wildman–Crippen MR) is 87.9 cm³/mol. The number of hydrogen-bond donors (Lipinski definition) is 2. The molecule has 0 radical (unpaired) electrons. The molecule has 126 valence electrons. The van der Waals surface area contributed by atoms with Gasteiger partial charge in [-0.2, -0.15) is 0 Å². The Kier molecular flexibility index (Phi) is 4.89. The minimum atomic E-state index is -1.04. The number of nitrogens with zero attached hydrogens (tertiary/aromatic N) is 3. The first-order valence-corrected chi connectivity index (χ1v) is 7.33. The van der Waals surface area contributed by atoms with Crippen LogP contribution in [0.4, 0.5) is 20.4 Å². The highest BCUT2D eigenvalue weighted by atomic mass is 19.2. The number of carbonyl (C=O) groups excluding carboxylic acids is 1. The average molecular weight is 341 g/mol. The summed E-state index contributed by atoms with van der Waals surface area (Å²) < 4.78 is 26.0. The van der Waals surface area contributed by atoms with Gasteiger partial charge in [-0.15, -0.1) is 0 Å². The van der Waals surface area contributed by atoms with Gasteiger partial charge in [-0.25, -0.2) is 18.7 Å². The molecule has 3 aromatic rings. The minimum absolute atomic E-state index is 0.141. The van der Waals surface area contributed by atoms with Crippen LogP contribution in [-0.2, 0) is 6.54 Å². The molecule has 25 heavy (non-hydrogen) atoms. The third-order valence-corrected chi connectivity index (χ3v) is 3.26. The summed E-state index contributed by atoms with van der Waals surface area (Å²) in [7, 11) is 0. The highest BCUT2D eigenvalue weighted by Gasteiger charge is 2.09. The highest BCUT2D eigenvalue weighted by Crippen LogP contribution is 2.14. The summed E-state index contributed by atoms with van der Waals surface area (Å²) in [6.07, 6.45) is 6.08. The number of aromatic nitrogens is 3. The van der Waals surface area contributed by atoms with Crippen LogP contribution in [0.25, 0.3) is 0 Å². The summed E-state index contributed by atoms with van der Waals surface area (Å²) in [6.45, 7) is 0.494. The van der Waals surface area contributed by atoms with E-state index in [1.54, 1.807) is 12.4 Å². The van der Waals surface area contributed by atoms with Gasteiger partial charge in [-0.1, -0.05) is 6.07 Å². The third-order valence-electron chi connectivity index (χ3n) is 3.26. The van der Waals surface area contributed by atoms with Crippen LogP contribution in [0.3, 0.4) is 0 Å². The van der Waals surface area contributed by atoms with Crippen molar-refractivity contribution in [2.45, 2.75) is 6.54 Å². The number of amides is 1. The lowest BCUT2D eigenvalue weighted by Crippen LogP contribution is -2.13. The summed E-state index contributed by atoms with van der Waals surface area (Å²) in [5.74, 6) is -2.19. The maximum absolute atomic E-state index is 13.1. The van der Waals surface area contributed by atoms with Crippen LogP contribution < -0.4 is 10.6 Å². The Bertz CT molecular complexity index is 872. The number of rotatable bonds is 5. The largest absolute Gasteiger partial charge is 0.350 e. The van der Waals surface area contributed by atoms with Gasteiger partial charge in [0, 0.05) is 43.1 Å². The van der Waals surface area contributed by atoms with Crippen LogP contribution in [0.15, 0.2) is 55.1 Å². The fraction of sp³-hybridized carbons (Fsp3) is 0.0588. The zero-order chi connectivity index (χ0) is 17.6. The van der Waals surface area contributed by atoms with Crippen molar-refractivity contribution in [3.05, 3.63) is 77.9 Å². The monoisotopic (exact) mass is 341 g/mol. The van der Waals surface area contributed by atoms with Crippen molar-refractivity contribution in [3.63, 3.8) is 0 Å². The van der Waals surface area contributed by atoms with E-state index in [0.29, 0.717) is 12.5 Å². The van der Waals surface area contributed by atoms with E-state index in [9.17, 15) is 13.6 Å². The van der Waals surface area contributed by atoms with Gasteiger partial charge in [0.15, 0.2) is 11.6 Å². The van der Waals surface area contributed by atoms with Crippen molar-refractivity contribution in [1.29, 1.82) is 0 Å². The number of carbonyl (C=O) groups is 1. The van der Waals surface area contributed by atoms with Crippen LogP contribution >= 0.6 is 0 Å². The Hall–Kier alpha value is -3.42. The Morgan fingerprint density at radius 1 is 1.04 bits per heavy atom. The maximum atomic E-state index is 13.1. The Labute approximate surface area is 142 Å². The first kappa shape index (κ1) is 16.4. The SMILES string of the molecule is O=C(Nc1ccc(F)c(F)c1)c1cnc(NCc2cccnc2)nc1. The molecule has 8 heteroatoms. The fourth-order valence-corrected chi connectivity index (χ4v) is 2.00. The van der Waals surface area contributed by atoms with Crippen molar-refractivity contribution >= 4 is 17.5 Å². The first-order valence-electron chi connectivity index (χ1n) is 7.33. The van der Waals surface area contributed by atoms with Crippen LogP contribution in [0.2, 0.25) is 0 Å². The topological polar surface area (TPSA) is 79.8 Å². The molecule has 1 amide bonds. The van der Waals surface area contributed by atoms with Crippen molar-refractivity contribution in [3.8, 4) is 0 Å². The standard InChI is InChI=1S/C17H13F2N5O/c18-14-4-3-13(6-15(14)19)24-16(25)12-9-22-17(23-10-12)21-8-11-2-1-5-20-7-11/h1-7,9-10H,8H2,(H,24,25)(H,21,22,23). The Balaban J connectivity index is 1.61. The number of anilines is 2. The van der Waals surface area contributed by atoms with Crippen molar-refractivity contribution in [1.82, 2.24) is 15.0 Å². The van der Waals surface area contributed by atoms with Crippen LogP contribution in [-0.4, -0.2) is 20.9 Å². The van der Waals surface area contributed by atoms with Crippen molar-refractivity contribution in [2.75, 3.05) is 10.6 Å². The fourth-order valence-electron chi connectivity index (χ4n) is 2.00. The van der Waals surface area contributed by atoms with Gasteiger partial charge < -0.3 is 10.6 Å². The van der Waals surface area contributed by atoms with Gasteiger partial charge in [0.05, 0.1) is 5.56 Å². The van der Waals surface area contributed by atoms with E-state index >= 15 is 0 Å². The molecular weight excluding hydrogens is 328 g/mol. The normalized spacial score (nSPS) is 10.3. The van der Waals surface area contributed by atoms with E-state index < -0.39 is 17.5 Å². The van der Waals surface area contributed by atoms with Crippen molar-refractivity contribution < 1.29 is 13.6 Å². The summed E-state index contributed by atoms with van der Waals surface area (Å²) >= 11 is 0. The molecule has 6 nitrogen and oxygen atoms in total. The van der Waals surface area contributed by atoms with Crippen LogP contribution in [0.5, 0.6) is 0 Å². The van der Waals surface area contributed by atoms with E-state index in [1.165, 1.54) is 18.5 Å². The van der Waals surface area contributed by atoms with Gasteiger partial charge in [0.1, 0.15) is 0 Å². The summed E-state index contributed by atoms with van der Waals surface area (Å²) in [5, 5.41) is 5.45. The van der Waals surface area contributed by atoms with E-state index in [0.717, 1.165) is 17.7 Å². The molecule has 0 bridgehead atoms. The number of benzene rings is 1. The molecule has 0 aliphatic carbocycles. The third kappa shape index (κ3) is 4.31. The van der Waals surface area contributed by atoms with Crippen LogP contribution in [0.1, 0.15) is 15.9 Å². The second kappa shape index (κ2) is 7.43. The number of nitrogens with one attached hydrogen (secondary N) is 2. The molecule has 0 spiro atoms. The number of halogens is 2. The zero-order valence-corrected chi connectivity index (χ0v) is 12.9. The molecule has 1 aromatic carbocycles. The lowest BCUT2D eigenvalue weighted by molar-refractivity contribution is 0.102. The Morgan fingerprint density at radius 2 is 1.84 bits per heavy atom. The highest BCUT2D eigenvalue weighted by molar-refractivity contribution is 6.03. The lowest BCUT2D eigenvalue weighted by atomic mass is 10.2. The second-order valence-corrected chi connectivity index (χ2v) is 5.09. The number of hydrogen-bond acceptors (Lipinski definition) is 5. The van der Waals surface area contributed by atoms with E-state index in [4.69, 9.17) is 0 Å². The van der Waals surface area contributed by atoms with E-state index in [-0.39, 0.29) is 11.3 Å². The molecule has 0 unspecified atom stereocenters. The van der Waals surface area contributed by atoms with Gasteiger partial charge in [0.25, 0.3) is 5.91 Å². The molecule has 0 atom stereocenters. The molecule has 0 fully saturated rings. The number of pyridine rings is 1. The second-order valence-electron chi connectivity index (χ2n) is 5.09. The molecule has 2 heterocycles. The molecule has 2 aromatic heterocycles. The summed E-state index contributed by atoms with van der Waals surface area (Å²) in [6, 6.07) is 6.83. The maximum Gasteiger partial charge on any atom is 0.258 e. The minimum Gasteiger partial charge on any atom is -0.350 e. The molecule has 0 aliphatic rings. The first-order chi connectivity index (χ1) is 12.1. The Morgan fingerprint density at radius 3 is 2.52 bits per heavy atom. The molecule has 0 saturated heterocycles. The van der Waals surface area contributed by atoms with Crippen LogP contribution in [0, 0.1) is 11.6 Å². The van der Waals surface area contributed by atoms with Gasteiger partial charge in [-0.3, -0.25) is 9.78 Å². The zero-order valence-electron chi connectivity index (χ0n) is 12.9. The van der Waals surface area contributed by atoms with E-state index in [1.807, 2.05) is 12.1 Å². The molecule has 2 N–H and O–H groups in total. The van der Waals surface area contributed by atoms with Gasteiger partial charge in [-0.05, 0) is 23.8 Å². The quantitative estimate of drug-likeness (QED) is 0.746. The molecule has 3 rings (SSSR count). The lowest BCUT2D eigenvalue weighted by Gasteiger charge is -2.07.